The van der Waals surface area contributed by atoms with Gasteiger partial charge in [-0.1, -0.05) is 23.2 Å². The van der Waals surface area contributed by atoms with Gasteiger partial charge in [-0.05, 0) is 42.8 Å². The average Bonchev–Trinajstić information content (AvgIpc) is 2.57. The number of H-pyrrole nitrogens is 1. The highest BCUT2D eigenvalue weighted by Crippen LogP contribution is 2.31. The van der Waals surface area contributed by atoms with E-state index in [1.807, 2.05) is 37.3 Å². The quantitative estimate of drug-likeness (QED) is 0.581. The lowest BCUT2D eigenvalue weighted by molar-refractivity contribution is 1.45. The number of hydrogen-bond donors (Lipinski definition) is 1. The van der Waals surface area contributed by atoms with Crippen LogP contribution in [-0.2, 0) is 0 Å². The SMILES string of the molecule is Cc1cc(Cl)cc2c1[nH]c1ccc(Cl)cc12. The lowest BCUT2D eigenvalue weighted by Crippen LogP contribution is -1.75. The van der Waals surface area contributed by atoms with Gasteiger partial charge in [0.25, 0.3) is 0 Å². The number of benzene rings is 2. The van der Waals surface area contributed by atoms with Crippen LogP contribution in [0.3, 0.4) is 0 Å². The van der Waals surface area contributed by atoms with Crippen LogP contribution >= 0.6 is 23.2 Å². The molecule has 1 aromatic heterocycles. The zero-order valence-corrected chi connectivity index (χ0v) is 10.2. The first-order valence-electron chi connectivity index (χ1n) is 5.02. The minimum Gasteiger partial charge on any atom is -0.354 e. The van der Waals surface area contributed by atoms with Gasteiger partial charge in [0, 0.05) is 31.9 Å². The van der Waals surface area contributed by atoms with E-state index in [4.69, 9.17) is 23.2 Å². The molecule has 0 aliphatic rings. The van der Waals surface area contributed by atoms with Crippen molar-refractivity contribution < 1.29 is 0 Å². The van der Waals surface area contributed by atoms with Crippen LogP contribution in [0.2, 0.25) is 10.0 Å². The molecule has 0 fully saturated rings. The van der Waals surface area contributed by atoms with Gasteiger partial charge in [0.1, 0.15) is 0 Å². The van der Waals surface area contributed by atoms with Crippen molar-refractivity contribution in [2.45, 2.75) is 6.92 Å². The predicted molar refractivity (Wildman–Crippen MR) is 70.6 cm³/mol. The van der Waals surface area contributed by atoms with Gasteiger partial charge in [-0.15, -0.1) is 0 Å². The molecule has 1 nitrogen and oxygen atoms in total. The summed E-state index contributed by atoms with van der Waals surface area (Å²) in [5.74, 6) is 0. The summed E-state index contributed by atoms with van der Waals surface area (Å²) >= 11 is 12.1. The summed E-state index contributed by atoms with van der Waals surface area (Å²) in [5.41, 5.74) is 3.36. The topological polar surface area (TPSA) is 15.8 Å². The van der Waals surface area contributed by atoms with Gasteiger partial charge in [0.15, 0.2) is 0 Å². The zero-order chi connectivity index (χ0) is 11.3. The lowest BCUT2D eigenvalue weighted by atomic mass is 10.1. The van der Waals surface area contributed by atoms with Crippen molar-refractivity contribution in [2.75, 3.05) is 0 Å². The fourth-order valence-corrected chi connectivity index (χ4v) is 2.55. The summed E-state index contributed by atoms with van der Waals surface area (Å²) in [7, 11) is 0. The van der Waals surface area contributed by atoms with Crippen LogP contribution in [0.5, 0.6) is 0 Å². The number of aryl methyl sites for hydroxylation is 1. The van der Waals surface area contributed by atoms with E-state index in [1.54, 1.807) is 0 Å². The first-order valence-corrected chi connectivity index (χ1v) is 5.78. The lowest BCUT2D eigenvalue weighted by Gasteiger charge is -1.97. The second kappa shape index (κ2) is 3.41. The van der Waals surface area contributed by atoms with Gasteiger partial charge < -0.3 is 4.98 Å². The van der Waals surface area contributed by atoms with Gasteiger partial charge >= 0.3 is 0 Å². The molecule has 0 atom stereocenters. The van der Waals surface area contributed by atoms with Crippen LogP contribution in [0, 0.1) is 6.92 Å². The molecule has 0 aliphatic heterocycles. The molecule has 0 saturated heterocycles. The van der Waals surface area contributed by atoms with Gasteiger partial charge in [-0.2, -0.15) is 0 Å². The molecule has 0 unspecified atom stereocenters. The average molecular weight is 250 g/mol. The van der Waals surface area contributed by atoms with E-state index in [0.29, 0.717) is 0 Å². The molecule has 0 spiro atoms. The third-order valence-corrected chi connectivity index (χ3v) is 3.29. The Kier molecular flexibility index (Phi) is 2.13. The molecule has 0 amide bonds. The molecule has 0 aliphatic carbocycles. The Morgan fingerprint density at radius 1 is 0.938 bits per heavy atom. The number of halogens is 2. The van der Waals surface area contributed by atoms with E-state index >= 15 is 0 Å². The summed E-state index contributed by atoms with van der Waals surface area (Å²) in [6, 6.07) is 9.77. The fraction of sp³-hybridized carbons (Fsp3) is 0.0769. The third kappa shape index (κ3) is 1.40. The van der Waals surface area contributed by atoms with Crippen LogP contribution in [0.1, 0.15) is 5.56 Å². The molecular formula is C13H9Cl2N. The molecule has 1 N–H and O–H groups in total. The Morgan fingerprint density at radius 2 is 1.69 bits per heavy atom. The molecule has 1 heterocycles. The Labute approximate surface area is 103 Å². The molecule has 3 heteroatoms. The maximum atomic E-state index is 6.07. The summed E-state index contributed by atoms with van der Waals surface area (Å²) in [4.78, 5) is 3.38. The molecule has 2 aromatic carbocycles. The van der Waals surface area contributed by atoms with E-state index in [-0.39, 0.29) is 0 Å². The molecule has 3 rings (SSSR count). The van der Waals surface area contributed by atoms with E-state index in [2.05, 4.69) is 4.98 Å². The minimum absolute atomic E-state index is 0.742. The van der Waals surface area contributed by atoms with Crippen molar-refractivity contribution in [3.63, 3.8) is 0 Å². The first-order chi connectivity index (χ1) is 7.65. The number of rotatable bonds is 0. The number of hydrogen-bond acceptors (Lipinski definition) is 0. The van der Waals surface area contributed by atoms with Gasteiger partial charge in [0.05, 0.1) is 0 Å². The highest BCUT2D eigenvalue weighted by atomic mass is 35.5. The molecule has 0 radical (unpaired) electrons. The molecule has 0 saturated carbocycles. The number of fused-ring (bicyclic) bond motifs is 3. The third-order valence-electron chi connectivity index (χ3n) is 2.83. The van der Waals surface area contributed by atoms with Crippen molar-refractivity contribution in [3.8, 4) is 0 Å². The van der Waals surface area contributed by atoms with E-state index in [0.717, 1.165) is 37.4 Å². The van der Waals surface area contributed by atoms with Crippen molar-refractivity contribution in [1.82, 2.24) is 4.98 Å². The number of aromatic nitrogens is 1. The van der Waals surface area contributed by atoms with Gasteiger partial charge in [-0.25, -0.2) is 0 Å². The van der Waals surface area contributed by atoms with Crippen LogP contribution in [0.25, 0.3) is 21.8 Å². The standard InChI is InChI=1S/C13H9Cl2N/c1-7-4-9(15)6-11-10-5-8(14)2-3-12(10)16-13(7)11/h2-6,16H,1H3. The van der Waals surface area contributed by atoms with Gasteiger partial charge in [-0.3, -0.25) is 0 Å². The van der Waals surface area contributed by atoms with Crippen LogP contribution < -0.4 is 0 Å². The second-order valence-corrected chi connectivity index (χ2v) is 4.83. The van der Waals surface area contributed by atoms with E-state index < -0.39 is 0 Å². The highest BCUT2D eigenvalue weighted by Gasteiger charge is 2.07. The van der Waals surface area contributed by atoms with Crippen LogP contribution in [0.4, 0.5) is 0 Å². The predicted octanol–water partition coefficient (Wildman–Crippen LogP) is 4.94. The van der Waals surface area contributed by atoms with Crippen LogP contribution in [-0.4, -0.2) is 4.98 Å². The minimum atomic E-state index is 0.742. The first kappa shape index (κ1) is 10.0. The molecule has 80 valence electrons. The molecule has 3 aromatic rings. The number of aromatic amines is 1. The summed E-state index contributed by atoms with van der Waals surface area (Å²) in [6.07, 6.45) is 0. The maximum Gasteiger partial charge on any atom is 0.0495 e. The van der Waals surface area contributed by atoms with Crippen molar-refractivity contribution in [2.24, 2.45) is 0 Å². The Morgan fingerprint density at radius 3 is 2.50 bits per heavy atom. The van der Waals surface area contributed by atoms with Gasteiger partial charge in [0.2, 0.25) is 0 Å². The monoisotopic (exact) mass is 249 g/mol. The van der Waals surface area contributed by atoms with E-state index in [1.165, 1.54) is 0 Å². The number of nitrogens with one attached hydrogen (secondary N) is 1. The summed E-state index contributed by atoms with van der Waals surface area (Å²) in [6.45, 7) is 2.05. The summed E-state index contributed by atoms with van der Waals surface area (Å²) in [5, 5.41) is 3.74. The maximum absolute atomic E-state index is 6.07. The van der Waals surface area contributed by atoms with Crippen molar-refractivity contribution >= 4 is 45.0 Å². The molecule has 0 bridgehead atoms. The molecule has 16 heavy (non-hydrogen) atoms. The van der Waals surface area contributed by atoms with Crippen molar-refractivity contribution in [1.29, 1.82) is 0 Å². The fourth-order valence-electron chi connectivity index (χ4n) is 2.10. The van der Waals surface area contributed by atoms with Crippen LogP contribution in [0.15, 0.2) is 30.3 Å². The Balaban J connectivity index is 2.57. The van der Waals surface area contributed by atoms with Crippen molar-refractivity contribution in [3.05, 3.63) is 45.9 Å². The highest BCUT2D eigenvalue weighted by molar-refractivity contribution is 6.33. The second-order valence-electron chi connectivity index (χ2n) is 3.96. The Hall–Kier alpha value is -1.18. The largest absolute Gasteiger partial charge is 0.354 e. The molecular weight excluding hydrogens is 241 g/mol. The zero-order valence-electron chi connectivity index (χ0n) is 8.64. The summed E-state index contributed by atoms with van der Waals surface area (Å²) < 4.78 is 0. The Bertz CT molecular complexity index is 698. The smallest absolute Gasteiger partial charge is 0.0495 e. The van der Waals surface area contributed by atoms with E-state index in [9.17, 15) is 0 Å². The normalized spacial score (nSPS) is 11.4.